The van der Waals surface area contributed by atoms with Crippen molar-refractivity contribution in [3.05, 3.63) is 23.6 Å². The van der Waals surface area contributed by atoms with Crippen LogP contribution in [0.1, 0.15) is 6.42 Å². The van der Waals surface area contributed by atoms with Crippen molar-refractivity contribution in [1.82, 2.24) is 4.98 Å². The Labute approximate surface area is 88.2 Å². The van der Waals surface area contributed by atoms with Crippen LogP contribution in [0, 0.1) is 0 Å². The number of nitrogens with zero attached hydrogens (tertiary/aromatic N) is 1. The third-order valence-corrected chi connectivity index (χ3v) is 4.59. The second-order valence-electron chi connectivity index (χ2n) is 2.55. The van der Waals surface area contributed by atoms with E-state index in [4.69, 9.17) is 0 Å². The number of hydrogen-bond acceptors (Lipinski definition) is 4. The van der Waals surface area contributed by atoms with E-state index in [0.717, 1.165) is 17.5 Å². The van der Waals surface area contributed by atoms with E-state index in [0.29, 0.717) is 0 Å². The van der Waals surface area contributed by atoms with Crippen LogP contribution >= 0.6 is 11.3 Å². The van der Waals surface area contributed by atoms with Crippen LogP contribution in [0.2, 0.25) is 0 Å². The van der Waals surface area contributed by atoms with Crippen LogP contribution in [-0.2, 0) is 9.84 Å². The normalized spacial score (nSPS) is 11.4. The number of sulfone groups is 1. The molecule has 0 spiro atoms. The second-order valence-corrected chi connectivity index (χ2v) is 5.78. The highest BCUT2D eigenvalue weighted by Crippen LogP contribution is 2.20. The second kappa shape index (κ2) is 4.75. The molecule has 0 saturated carbocycles. The van der Waals surface area contributed by atoms with E-state index in [1.165, 1.54) is 5.51 Å². The van der Waals surface area contributed by atoms with Crippen LogP contribution in [0.3, 0.4) is 0 Å². The fourth-order valence-electron chi connectivity index (χ4n) is 0.777. The van der Waals surface area contributed by atoms with Crippen LogP contribution in [0.15, 0.2) is 27.8 Å². The zero-order valence-electron chi connectivity index (χ0n) is 7.28. The van der Waals surface area contributed by atoms with Gasteiger partial charge in [0.25, 0.3) is 0 Å². The van der Waals surface area contributed by atoms with Crippen molar-refractivity contribution in [3.8, 4) is 0 Å². The Morgan fingerprint density at radius 1 is 1.40 bits per heavy atom. The minimum atomic E-state index is -3.70. The largest absolute Gasteiger partial charge is 0.301 e. The Bertz CT molecular complexity index is 449. The van der Waals surface area contributed by atoms with E-state index in [1.54, 1.807) is 0 Å². The van der Waals surface area contributed by atoms with Gasteiger partial charge in [-0.2, -0.15) is 8.78 Å². The molecule has 0 unspecified atom stereocenters. The van der Waals surface area contributed by atoms with E-state index in [9.17, 15) is 21.6 Å². The molecule has 3 nitrogen and oxygen atoms in total. The maximum Gasteiger partial charge on any atom is 0.301 e. The summed E-state index contributed by atoms with van der Waals surface area (Å²) in [6.45, 7) is 0. The predicted molar refractivity (Wildman–Crippen MR) is 49.1 cm³/mol. The molecule has 1 aromatic rings. The average Bonchev–Trinajstić information content (AvgIpc) is 2.67. The monoisotopic (exact) mass is 257 g/mol. The van der Waals surface area contributed by atoms with Gasteiger partial charge >= 0.3 is 6.08 Å². The van der Waals surface area contributed by atoms with Gasteiger partial charge in [-0.05, 0) is 0 Å². The molecule has 0 radical (unpaired) electrons. The third-order valence-electron chi connectivity index (χ3n) is 1.51. The molecule has 0 saturated heterocycles. The summed E-state index contributed by atoms with van der Waals surface area (Å²) in [5.74, 6) is -2.37. The molecule has 0 amide bonds. The zero-order chi connectivity index (χ0) is 11.5. The maximum absolute atomic E-state index is 12.4. The Kier molecular flexibility index (Phi) is 3.86. The standard InChI is InChI=1S/C7H6F3NO2S2/c8-5(7(9)10)1-2-15(12,13)6-3-11-4-14-6/h3-4H,1-2H2. The van der Waals surface area contributed by atoms with Crippen LogP contribution in [-0.4, -0.2) is 19.2 Å². The van der Waals surface area contributed by atoms with Gasteiger partial charge < -0.3 is 0 Å². The van der Waals surface area contributed by atoms with E-state index >= 15 is 0 Å². The van der Waals surface area contributed by atoms with Crippen molar-refractivity contribution in [3.63, 3.8) is 0 Å². The summed E-state index contributed by atoms with van der Waals surface area (Å²) in [5.41, 5.74) is 1.30. The van der Waals surface area contributed by atoms with E-state index in [1.807, 2.05) is 0 Å². The predicted octanol–water partition coefficient (Wildman–Crippen LogP) is 2.38. The fourth-order valence-corrected chi connectivity index (χ4v) is 2.96. The van der Waals surface area contributed by atoms with Crippen LogP contribution in [0.4, 0.5) is 13.2 Å². The first kappa shape index (κ1) is 12.2. The summed E-state index contributed by atoms with van der Waals surface area (Å²) in [6.07, 6.45) is -2.19. The zero-order valence-corrected chi connectivity index (χ0v) is 8.92. The van der Waals surface area contributed by atoms with Crippen molar-refractivity contribution < 1.29 is 21.6 Å². The molecule has 0 atom stereocenters. The van der Waals surface area contributed by atoms with E-state index < -0.39 is 33.9 Å². The number of hydrogen-bond donors (Lipinski definition) is 0. The molecule has 0 aliphatic heterocycles. The summed E-state index contributed by atoms with van der Waals surface area (Å²) in [6, 6.07) is 0. The molecular formula is C7H6F3NO2S2. The summed E-state index contributed by atoms with van der Waals surface area (Å²) in [4.78, 5) is 3.54. The Morgan fingerprint density at radius 3 is 2.53 bits per heavy atom. The molecule has 0 fully saturated rings. The van der Waals surface area contributed by atoms with Gasteiger partial charge in [0.05, 0.1) is 17.5 Å². The highest BCUT2D eigenvalue weighted by Gasteiger charge is 2.18. The minimum absolute atomic E-state index is 0.0467. The van der Waals surface area contributed by atoms with Crippen LogP contribution in [0.5, 0.6) is 0 Å². The minimum Gasteiger partial charge on any atom is -0.252 e. The van der Waals surface area contributed by atoms with Crippen molar-refractivity contribution >= 4 is 21.2 Å². The first-order valence-electron chi connectivity index (χ1n) is 3.74. The lowest BCUT2D eigenvalue weighted by atomic mass is 10.4. The number of thiazole rings is 1. The lowest BCUT2D eigenvalue weighted by Gasteiger charge is -1.98. The first-order chi connectivity index (χ1) is 6.93. The van der Waals surface area contributed by atoms with Gasteiger partial charge in [-0.15, -0.1) is 11.3 Å². The lowest BCUT2D eigenvalue weighted by Crippen LogP contribution is -2.05. The van der Waals surface area contributed by atoms with E-state index in [-0.39, 0.29) is 4.21 Å². The van der Waals surface area contributed by atoms with Crippen molar-refractivity contribution in [2.45, 2.75) is 10.6 Å². The van der Waals surface area contributed by atoms with Crippen molar-refractivity contribution in [2.75, 3.05) is 5.75 Å². The smallest absolute Gasteiger partial charge is 0.252 e. The Morgan fingerprint density at radius 2 is 2.07 bits per heavy atom. The SMILES string of the molecule is O=S(=O)(CCC(F)=C(F)F)c1cncs1. The topological polar surface area (TPSA) is 47.0 Å². The molecule has 1 rings (SSSR count). The maximum atomic E-state index is 12.4. The van der Waals surface area contributed by atoms with E-state index in [2.05, 4.69) is 4.98 Å². The third kappa shape index (κ3) is 3.31. The quantitative estimate of drug-likeness (QED) is 0.832. The van der Waals surface area contributed by atoms with Gasteiger partial charge in [0.2, 0.25) is 0 Å². The molecule has 8 heteroatoms. The lowest BCUT2D eigenvalue weighted by molar-refractivity contribution is 0.373. The molecule has 1 heterocycles. The van der Waals surface area contributed by atoms with Gasteiger partial charge in [-0.3, -0.25) is 4.98 Å². The molecule has 0 bridgehead atoms. The highest BCUT2D eigenvalue weighted by molar-refractivity contribution is 7.93. The number of aromatic nitrogens is 1. The van der Waals surface area contributed by atoms with Gasteiger partial charge in [-0.25, -0.2) is 12.8 Å². The molecule has 84 valence electrons. The number of rotatable bonds is 4. The summed E-state index contributed by atoms with van der Waals surface area (Å²) in [5, 5.41) is 0. The van der Waals surface area contributed by atoms with Crippen LogP contribution in [0.25, 0.3) is 0 Å². The molecule has 0 aliphatic carbocycles. The summed E-state index contributed by atoms with van der Waals surface area (Å²) < 4.78 is 58.3. The molecule has 0 aliphatic rings. The summed E-state index contributed by atoms with van der Waals surface area (Å²) >= 11 is 0.865. The number of allylic oxidation sites excluding steroid dienone is 1. The fraction of sp³-hybridized carbons (Fsp3) is 0.286. The molecule has 0 N–H and O–H groups in total. The number of halogens is 3. The Hall–Kier alpha value is -0.890. The summed E-state index contributed by atoms with van der Waals surface area (Å²) in [7, 11) is -3.70. The van der Waals surface area contributed by atoms with Crippen LogP contribution < -0.4 is 0 Å². The van der Waals surface area contributed by atoms with Gasteiger partial charge in [0.1, 0.15) is 4.21 Å². The van der Waals surface area contributed by atoms with Gasteiger partial charge in [0.15, 0.2) is 15.7 Å². The van der Waals surface area contributed by atoms with Gasteiger partial charge in [0, 0.05) is 6.42 Å². The van der Waals surface area contributed by atoms with Gasteiger partial charge in [-0.1, -0.05) is 0 Å². The van der Waals surface area contributed by atoms with Crippen molar-refractivity contribution in [2.24, 2.45) is 0 Å². The molecular weight excluding hydrogens is 251 g/mol. The highest BCUT2D eigenvalue weighted by atomic mass is 32.2. The first-order valence-corrected chi connectivity index (χ1v) is 6.27. The Balaban J connectivity index is 2.72. The van der Waals surface area contributed by atoms with Crippen molar-refractivity contribution in [1.29, 1.82) is 0 Å². The molecule has 1 aromatic heterocycles. The average molecular weight is 257 g/mol. The molecule has 0 aromatic carbocycles. The molecule has 15 heavy (non-hydrogen) atoms.